The van der Waals surface area contributed by atoms with Crippen molar-refractivity contribution in [3.05, 3.63) is 255 Å². The summed E-state index contributed by atoms with van der Waals surface area (Å²) >= 11 is 0. The molecule has 0 unspecified atom stereocenters. The Kier molecular flexibility index (Phi) is 8.47. The van der Waals surface area contributed by atoms with Crippen molar-refractivity contribution in [3.8, 4) is 61.3 Å². The summed E-state index contributed by atoms with van der Waals surface area (Å²) in [6.45, 7) is 0. The third-order valence-electron chi connectivity index (χ3n) is 11.7. The van der Waals surface area contributed by atoms with Crippen molar-refractivity contribution in [2.75, 3.05) is 4.90 Å². The molecule has 11 aromatic rings. The Labute approximate surface area is 368 Å². The molecule has 62 heavy (non-hydrogen) atoms. The Bertz CT molecular complexity index is 3530. The summed E-state index contributed by atoms with van der Waals surface area (Å²) in [5, 5.41) is 2.02. The van der Waals surface area contributed by atoms with Crippen LogP contribution in [0.15, 0.2) is 255 Å². The molecule has 0 saturated heterocycles. The number of aromatic nitrogens is 1. The average molecular weight is 795 g/mol. The minimum atomic E-state index is -0.239. The molecule has 0 spiro atoms. The summed E-state index contributed by atoms with van der Waals surface area (Å²) in [5.74, 6) is 0. The molecule has 11 rings (SSSR count). The molecule has 292 valence electrons. The lowest BCUT2D eigenvalue weighted by Gasteiger charge is -2.26. The van der Waals surface area contributed by atoms with Crippen LogP contribution in [0.2, 0.25) is 0 Å². The van der Waals surface area contributed by atoms with Crippen molar-refractivity contribution in [1.82, 2.24) is 4.57 Å². The first-order chi connectivity index (χ1) is 32.4. The summed E-state index contributed by atoms with van der Waals surface area (Å²) in [6.07, 6.45) is 0. The summed E-state index contributed by atoms with van der Waals surface area (Å²) in [7, 11) is 0. The lowest BCUT2D eigenvalue weighted by Crippen LogP contribution is -2.10. The van der Waals surface area contributed by atoms with Gasteiger partial charge in [-0.15, -0.1) is 0 Å². The molecular formula is C60H42N2. The normalized spacial score (nSPS) is 12.1. The topological polar surface area (TPSA) is 8.17 Å². The minimum absolute atomic E-state index is 0.00576. The van der Waals surface area contributed by atoms with E-state index in [0.717, 1.165) is 83.4 Å². The second-order valence-electron chi connectivity index (χ2n) is 15.4. The Balaban J connectivity index is 1.06. The van der Waals surface area contributed by atoms with Crippen LogP contribution in [0.4, 0.5) is 17.1 Å². The SMILES string of the molecule is [2H]c1c([2H])c(-c2ccc3c(c2)c2ccccc2n3-c2ccccc2)c([2H])c(N(c2ccc(-c3ccc(-c4ccccc4)cc3)cc2)c2ccc(-c3ccccc3-c3ccccc3)cc2)c1[2H]. The Morgan fingerprint density at radius 1 is 0.323 bits per heavy atom. The van der Waals surface area contributed by atoms with Gasteiger partial charge in [0.15, 0.2) is 0 Å². The number of rotatable bonds is 9. The summed E-state index contributed by atoms with van der Waals surface area (Å²) in [4.78, 5) is 1.90. The van der Waals surface area contributed by atoms with Crippen molar-refractivity contribution in [1.29, 1.82) is 0 Å². The molecule has 0 N–H and O–H groups in total. The maximum atomic E-state index is 10.00. The fraction of sp³-hybridized carbons (Fsp3) is 0. The third-order valence-corrected chi connectivity index (χ3v) is 11.7. The highest BCUT2D eigenvalue weighted by Crippen LogP contribution is 2.41. The highest BCUT2D eigenvalue weighted by Gasteiger charge is 2.17. The van der Waals surface area contributed by atoms with Crippen molar-refractivity contribution >= 4 is 38.9 Å². The lowest BCUT2D eigenvalue weighted by molar-refractivity contribution is 1.18. The molecule has 0 amide bonds. The summed E-state index contributed by atoms with van der Waals surface area (Å²) in [5.41, 5.74) is 14.5. The van der Waals surface area contributed by atoms with Crippen molar-refractivity contribution in [2.24, 2.45) is 0 Å². The Morgan fingerprint density at radius 2 is 0.774 bits per heavy atom. The van der Waals surface area contributed by atoms with Crippen molar-refractivity contribution in [2.45, 2.75) is 0 Å². The molecule has 0 radical (unpaired) electrons. The van der Waals surface area contributed by atoms with E-state index in [2.05, 4.69) is 120 Å². The maximum absolute atomic E-state index is 10.00. The zero-order valence-electron chi connectivity index (χ0n) is 37.8. The van der Waals surface area contributed by atoms with Crippen LogP contribution in [0.5, 0.6) is 0 Å². The first-order valence-corrected chi connectivity index (χ1v) is 20.9. The number of nitrogens with zero attached hydrogens (tertiary/aromatic N) is 2. The smallest absolute Gasteiger partial charge is 0.0651 e. The van der Waals surface area contributed by atoms with E-state index < -0.39 is 0 Å². The molecule has 10 aromatic carbocycles. The molecule has 2 nitrogen and oxygen atoms in total. The van der Waals surface area contributed by atoms with Gasteiger partial charge in [-0.05, 0) is 122 Å². The summed E-state index contributed by atoms with van der Waals surface area (Å²) < 4.78 is 40.3. The van der Waals surface area contributed by atoms with Gasteiger partial charge in [-0.2, -0.15) is 0 Å². The van der Waals surface area contributed by atoms with Crippen LogP contribution < -0.4 is 4.90 Å². The van der Waals surface area contributed by atoms with E-state index in [-0.39, 0.29) is 29.9 Å². The van der Waals surface area contributed by atoms with Gasteiger partial charge in [0.05, 0.1) is 16.5 Å². The van der Waals surface area contributed by atoms with Gasteiger partial charge in [-0.3, -0.25) is 0 Å². The van der Waals surface area contributed by atoms with E-state index in [1.165, 1.54) is 0 Å². The standard InChI is InChI=1S/C60H42N2/c1-4-15-43(16-5-1)44-27-29-45(30-28-44)46-31-36-52(37-32-46)61(53-38-33-48(34-39-53)56-24-11-10-23-55(56)47-17-6-2-7-18-47)54-22-14-19-49(41-54)50-35-40-60-58(42-50)57-25-12-13-26-59(57)62(60)51-20-8-3-9-21-51/h1-42H/i14D,19D,22D,41D. The minimum Gasteiger partial charge on any atom is -0.310 e. The Morgan fingerprint density at radius 3 is 1.40 bits per heavy atom. The van der Waals surface area contributed by atoms with E-state index in [4.69, 9.17) is 0 Å². The van der Waals surface area contributed by atoms with Gasteiger partial charge in [-0.25, -0.2) is 0 Å². The van der Waals surface area contributed by atoms with E-state index in [0.29, 0.717) is 11.1 Å². The van der Waals surface area contributed by atoms with Crippen molar-refractivity contribution in [3.63, 3.8) is 0 Å². The quantitative estimate of drug-likeness (QED) is 0.141. The van der Waals surface area contributed by atoms with E-state index in [9.17, 15) is 5.48 Å². The van der Waals surface area contributed by atoms with Gasteiger partial charge in [0.1, 0.15) is 0 Å². The number of hydrogen-bond acceptors (Lipinski definition) is 1. The maximum Gasteiger partial charge on any atom is 0.0651 e. The van der Waals surface area contributed by atoms with Crippen LogP contribution >= 0.6 is 0 Å². The fourth-order valence-corrected chi connectivity index (χ4v) is 8.66. The molecule has 0 bridgehead atoms. The van der Waals surface area contributed by atoms with Crippen LogP contribution in [0, 0.1) is 0 Å². The Hall–Kier alpha value is -8.20. The number of fused-ring (bicyclic) bond motifs is 3. The van der Waals surface area contributed by atoms with E-state index >= 15 is 0 Å². The third kappa shape index (κ3) is 6.94. The number of anilines is 3. The predicted molar refractivity (Wildman–Crippen MR) is 263 cm³/mol. The van der Waals surface area contributed by atoms with Gasteiger partial charge in [0.25, 0.3) is 0 Å². The monoisotopic (exact) mass is 794 g/mol. The van der Waals surface area contributed by atoms with E-state index in [1.807, 2.05) is 120 Å². The van der Waals surface area contributed by atoms with Crippen LogP contribution in [-0.4, -0.2) is 4.57 Å². The zero-order valence-corrected chi connectivity index (χ0v) is 33.8. The molecule has 0 saturated carbocycles. The average Bonchev–Trinajstić information content (AvgIpc) is 3.72. The summed E-state index contributed by atoms with van der Waals surface area (Å²) in [6, 6.07) is 77.9. The number of hydrogen-bond donors (Lipinski definition) is 0. The largest absolute Gasteiger partial charge is 0.310 e. The second-order valence-corrected chi connectivity index (χ2v) is 15.4. The highest BCUT2D eigenvalue weighted by molar-refractivity contribution is 6.10. The first kappa shape index (κ1) is 32.6. The second kappa shape index (κ2) is 16.1. The predicted octanol–water partition coefficient (Wildman–Crippen LogP) is 16.6. The lowest BCUT2D eigenvalue weighted by atomic mass is 9.94. The molecule has 0 aliphatic carbocycles. The van der Waals surface area contributed by atoms with Crippen LogP contribution in [0.3, 0.4) is 0 Å². The molecule has 1 heterocycles. The van der Waals surface area contributed by atoms with Crippen LogP contribution in [0.25, 0.3) is 83.1 Å². The van der Waals surface area contributed by atoms with Gasteiger partial charge >= 0.3 is 0 Å². The van der Waals surface area contributed by atoms with Gasteiger partial charge in [0, 0.05) is 33.5 Å². The van der Waals surface area contributed by atoms with Gasteiger partial charge in [0.2, 0.25) is 0 Å². The molecule has 0 aliphatic rings. The fourth-order valence-electron chi connectivity index (χ4n) is 8.66. The zero-order chi connectivity index (χ0) is 44.7. The molecule has 2 heteroatoms. The van der Waals surface area contributed by atoms with E-state index in [1.54, 1.807) is 0 Å². The first-order valence-electron chi connectivity index (χ1n) is 22.9. The van der Waals surface area contributed by atoms with Crippen molar-refractivity contribution < 1.29 is 5.48 Å². The van der Waals surface area contributed by atoms with Crippen LogP contribution in [0.1, 0.15) is 5.48 Å². The van der Waals surface area contributed by atoms with Gasteiger partial charge in [-0.1, -0.05) is 188 Å². The molecule has 0 atom stereocenters. The molecule has 0 fully saturated rings. The number of benzene rings is 10. The molecular weight excluding hydrogens is 749 g/mol. The van der Waals surface area contributed by atoms with Crippen LogP contribution in [-0.2, 0) is 0 Å². The highest BCUT2D eigenvalue weighted by atomic mass is 15.1. The molecule has 1 aromatic heterocycles. The molecule has 0 aliphatic heterocycles. The number of para-hydroxylation sites is 2. The van der Waals surface area contributed by atoms with Gasteiger partial charge < -0.3 is 9.47 Å².